The molecule has 1 aromatic carbocycles. The lowest BCUT2D eigenvalue weighted by molar-refractivity contribution is 0.0399. The van der Waals surface area contributed by atoms with E-state index in [0.29, 0.717) is 40.3 Å². The third-order valence-corrected chi connectivity index (χ3v) is 6.25. The summed E-state index contributed by atoms with van der Waals surface area (Å²) in [7, 11) is 0. The van der Waals surface area contributed by atoms with Crippen molar-refractivity contribution < 1.29 is 9.18 Å². The van der Waals surface area contributed by atoms with Gasteiger partial charge in [-0.3, -0.25) is 14.3 Å². The summed E-state index contributed by atoms with van der Waals surface area (Å²) in [4.78, 5) is 29.4. The van der Waals surface area contributed by atoms with Gasteiger partial charge in [-0.25, -0.2) is 4.39 Å². The van der Waals surface area contributed by atoms with Crippen LogP contribution in [0.15, 0.2) is 35.3 Å². The van der Waals surface area contributed by atoms with Gasteiger partial charge in [-0.1, -0.05) is 0 Å². The molecule has 0 radical (unpaired) electrons. The van der Waals surface area contributed by atoms with Crippen LogP contribution in [0.4, 0.5) is 15.9 Å². The van der Waals surface area contributed by atoms with Crippen molar-refractivity contribution >= 4 is 28.3 Å². The number of hydrogen-bond acceptors (Lipinski definition) is 5. The molecule has 0 spiro atoms. The van der Waals surface area contributed by atoms with E-state index in [1.807, 2.05) is 13.0 Å². The van der Waals surface area contributed by atoms with Crippen LogP contribution in [0.5, 0.6) is 0 Å². The number of pyridine rings is 1. The highest BCUT2D eigenvalue weighted by Gasteiger charge is 2.35. The van der Waals surface area contributed by atoms with Crippen molar-refractivity contribution in [3.8, 4) is 6.07 Å². The Bertz CT molecular complexity index is 1300. The topological polar surface area (TPSA) is 107 Å². The predicted octanol–water partition coefficient (Wildman–Crippen LogP) is 3.44. The Morgan fingerprint density at radius 2 is 2.16 bits per heavy atom. The van der Waals surface area contributed by atoms with Gasteiger partial charge in [0.15, 0.2) is 5.82 Å². The molecule has 8 nitrogen and oxygen atoms in total. The minimum Gasteiger partial charge on any atom is -0.338 e. The third-order valence-electron chi connectivity index (χ3n) is 6.25. The number of aryl methyl sites for hydroxylation is 1. The van der Waals surface area contributed by atoms with Gasteiger partial charge < -0.3 is 15.2 Å². The van der Waals surface area contributed by atoms with Gasteiger partial charge in [-0.2, -0.15) is 10.4 Å². The number of aromatic amines is 1. The quantitative estimate of drug-likeness (QED) is 0.618. The Morgan fingerprint density at radius 1 is 1.38 bits per heavy atom. The molecule has 3 heterocycles. The second-order valence-electron chi connectivity index (χ2n) is 8.59. The molecule has 1 aliphatic carbocycles. The second kappa shape index (κ2) is 7.79. The zero-order chi connectivity index (χ0) is 22.4. The van der Waals surface area contributed by atoms with Crippen molar-refractivity contribution in [2.45, 2.75) is 38.4 Å². The molecule has 1 amide bonds. The van der Waals surface area contributed by atoms with E-state index >= 15 is 0 Å². The first-order valence-corrected chi connectivity index (χ1v) is 10.7. The molecule has 0 bridgehead atoms. The van der Waals surface area contributed by atoms with Crippen LogP contribution >= 0.6 is 0 Å². The average molecular weight is 434 g/mol. The number of aromatic nitrogens is 3. The molecule has 2 fully saturated rings. The molecule has 2 aromatic heterocycles. The van der Waals surface area contributed by atoms with E-state index in [1.54, 1.807) is 29.1 Å². The number of H-pyrrole nitrogens is 1. The normalized spacial score (nSPS) is 17.1. The third kappa shape index (κ3) is 3.51. The van der Waals surface area contributed by atoms with Gasteiger partial charge in [0.25, 0.3) is 11.5 Å². The van der Waals surface area contributed by atoms with E-state index < -0.39 is 6.17 Å². The number of alkyl halides is 1. The van der Waals surface area contributed by atoms with Gasteiger partial charge in [0, 0.05) is 17.4 Å². The Hall–Kier alpha value is -3.67. The van der Waals surface area contributed by atoms with Gasteiger partial charge in [0.2, 0.25) is 0 Å². The van der Waals surface area contributed by atoms with Crippen LogP contribution in [-0.4, -0.2) is 44.8 Å². The Morgan fingerprint density at radius 3 is 2.81 bits per heavy atom. The van der Waals surface area contributed by atoms with Crippen molar-refractivity contribution in [3.63, 3.8) is 0 Å². The number of nitriles is 1. The largest absolute Gasteiger partial charge is 0.338 e. The average Bonchev–Trinajstić information content (AvgIpc) is 3.52. The molecular formula is C23H23FN6O2. The molecule has 1 aliphatic heterocycles. The predicted molar refractivity (Wildman–Crippen MR) is 118 cm³/mol. The van der Waals surface area contributed by atoms with Crippen molar-refractivity contribution in [1.82, 2.24) is 19.7 Å². The number of rotatable bonds is 6. The van der Waals surface area contributed by atoms with E-state index in [1.165, 1.54) is 4.90 Å². The summed E-state index contributed by atoms with van der Waals surface area (Å²) in [5.74, 6) is 0.618. The number of halogens is 1. The zero-order valence-electron chi connectivity index (χ0n) is 17.6. The summed E-state index contributed by atoms with van der Waals surface area (Å²) in [5.41, 5.74) is 2.39. The van der Waals surface area contributed by atoms with Crippen molar-refractivity contribution in [2.24, 2.45) is 5.92 Å². The van der Waals surface area contributed by atoms with Crippen LogP contribution < -0.4 is 10.9 Å². The number of amides is 1. The molecule has 1 saturated carbocycles. The fraction of sp³-hybridized carbons (Fsp3) is 0.391. The van der Waals surface area contributed by atoms with Gasteiger partial charge in [0.05, 0.1) is 37.1 Å². The molecule has 1 saturated heterocycles. The van der Waals surface area contributed by atoms with E-state index in [4.69, 9.17) is 0 Å². The van der Waals surface area contributed by atoms with Crippen LogP contribution in [0.1, 0.15) is 41.2 Å². The molecule has 2 aliphatic rings. The highest BCUT2D eigenvalue weighted by molar-refractivity contribution is 5.97. The van der Waals surface area contributed by atoms with Crippen LogP contribution in [-0.2, 0) is 0 Å². The number of benzene rings is 1. The minimum absolute atomic E-state index is 0.0718. The number of carbonyl (C=O) groups is 1. The van der Waals surface area contributed by atoms with Crippen molar-refractivity contribution in [1.29, 1.82) is 5.26 Å². The summed E-state index contributed by atoms with van der Waals surface area (Å²) >= 11 is 0. The highest BCUT2D eigenvalue weighted by atomic mass is 19.1. The second-order valence-corrected chi connectivity index (χ2v) is 8.59. The Labute approximate surface area is 183 Å². The maximum atomic E-state index is 13.1. The lowest BCUT2D eigenvalue weighted by Crippen LogP contribution is -2.51. The fourth-order valence-corrected chi connectivity index (χ4v) is 4.35. The molecule has 2 N–H and O–H groups in total. The van der Waals surface area contributed by atoms with Crippen LogP contribution in [0.3, 0.4) is 0 Å². The molecule has 9 heteroatoms. The molecule has 3 aromatic rings. The number of anilines is 2. The van der Waals surface area contributed by atoms with Crippen LogP contribution in [0, 0.1) is 24.2 Å². The van der Waals surface area contributed by atoms with E-state index in [0.717, 1.165) is 18.4 Å². The SMILES string of the molecule is Cc1cc(Nc2nn([C@@H](CC#N)C3CC3)c3cc[nH]c(=O)c23)ccc1C(=O)N1CC(F)C1. The smallest absolute Gasteiger partial charge is 0.261 e. The first-order chi connectivity index (χ1) is 15.5. The van der Waals surface area contributed by atoms with Crippen LogP contribution in [0.25, 0.3) is 10.9 Å². The summed E-state index contributed by atoms with van der Waals surface area (Å²) < 4.78 is 14.9. The molecule has 1 atom stereocenters. The maximum absolute atomic E-state index is 13.1. The van der Waals surface area contributed by atoms with Gasteiger partial charge in [0.1, 0.15) is 11.6 Å². The number of nitrogens with one attached hydrogen (secondary N) is 2. The maximum Gasteiger partial charge on any atom is 0.261 e. The summed E-state index contributed by atoms with van der Waals surface area (Å²) in [6.07, 6.45) is 3.08. The standard InChI is InChI=1S/C23H23FN6O2/c1-13-10-16(4-5-17(13)23(32)29-11-15(24)12-29)27-21-20-19(7-9-26-22(20)31)30(28-21)18(6-8-25)14-2-3-14/h4-5,7,9-10,14-15,18H,2-3,6,11-12H2,1H3,(H,26,31)(H,27,28)/t18-/m0/s1. The minimum atomic E-state index is -0.942. The first kappa shape index (κ1) is 20.2. The number of hydrogen-bond donors (Lipinski definition) is 2. The number of fused-ring (bicyclic) bond motifs is 1. The number of likely N-dealkylation sites (tertiary alicyclic amines) is 1. The Balaban J connectivity index is 1.48. The van der Waals surface area contributed by atoms with Gasteiger partial charge in [-0.15, -0.1) is 0 Å². The monoisotopic (exact) mass is 434 g/mol. The first-order valence-electron chi connectivity index (χ1n) is 10.7. The lowest BCUT2D eigenvalue weighted by Gasteiger charge is -2.34. The molecule has 0 unspecified atom stereocenters. The summed E-state index contributed by atoms with van der Waals surface area (Å²) in [6.45, 7) is 2.09. The highest BCUT2D eigenvalue weighted by Crippen LogP contribution is 2.43. The molecule has 5 rings (SSSR count). The van der Waals surface area contributed by atoms with E-state index in [2.05, 4.69) is 21.5 Å². The molecular weight excluding hydrogens is 411 g/mol. The Kier molecular flexibility index (Phi) is 4.93. The summed E-state index contributed by atoms with van der Waals surface area (Å²) in [5, 5.41) is 17.6. The van der Waals surface area contributed by atoms with Crippen molar-refractivity contribution in [2.75, 3.05) is 18.4 Å². The lowest BCUT2D eigenvalue weighted by atomic mass is 10.0. The molecule has 32 heavy (non-hydrogen) atoms. The fourth-order valence-electron chi connectivity index (χ4n) is 4.35. The van der Waals surface area contributed by atoms with E-state index in [-0.39, 0.29) is 30.6 Å². The summed E-state index contributed by atoms with van der Waals surface area (Å²) in [6, 6.07) is 9.25. The zero-order valence-corrected chi connectivity index (χ0v) is 17.6. The van der Waals surface area contributed by atoms with Gasteiger partial charge in [-0.05, 0) is 55.5 Å². The van der Waals surface area contributed by atoms with Gasteiger partial charge >= 0.3 is 0 Å². The molecule has 164 valence electrons. The van der Waals surface area contributed by atoms with Crippen molar-refractivity contribution in [3.05, 3.63) is 51.9 Å². The number of nitrogens with zero attached hydrogens (tertiary/aromatic N) is 4. The van der Waals surface area contributed by atoms with E-state index in [9.17, 15) is 19.2 Å². The van der Waals surface area contributed by atoms with Crippen LogP contribution in [0.2, 0.25) is 0 Å². The number of carbonyl (C=O) groups excluding carboxylic acids is 1.